The average Bonchev–Trinajstić information content (AvgIpc) is 3.46. The second-order valence-corrected chi connectivity index (χ2v) is 7.85. The van der Waals surface area contributed by atoms with Crippen LogP contribution in [0, 0.1) is 5.82 Å². The molecule has 0 amide bonds. The summed E-state index contributed by atoms with van der Waals surface area (Å²) in [4.78, 5) is 29.6. The number of pyridine rings is 1. The van der Waals surface area contributed by atoms with Gasteiger partial charge in [-0.15, -0.1) is 0 Å². The van der Waals surface area contributed by atoms with Crippen LogP contribution in [0.3, 0.4) is 0 Å². The molecule has 0 unspecified atom stereocenters. The van der Waals surface area contributed by atoms with Gasteiger partial charge in [0.05, 0.1) is 18.0 Å². The summed E-state index contributed by atoms with van der Waals surface area (Å²) in [6.07, 6.45) is 3.19. The Bertz CT molecular complexity index is 1070. The molecule has 2 fully saturated rings. The molecular formula is C20H23FN4O4. The maximum absolute atomic E-state index is 16.0. The first kappa shape index (κ1) is 18.2. The van der Waals surface area contributed by atoms with E-state index in [-0.39, 0.29) is 29.2 Å². The zero-order valence-electron chi connectivity index (χ0n) is 16.5. The fourth-order valence-corrected chi connectivity index (χ4v) is 4.23. The first-order valence-corrected chi connectivity index (χ1v) is 9.84. The molecule has 0 atom stereocenters. The van der Waals surface area contributed by atoms with Crippen LogP contribution in [0.5, 0.6) is 5.75 Å². The number of nitrogens with zero attached hydrogens (tertiary/aromatic N) is 3. The summed E-state index contributed by atoms with van der Waals surface area (Å²) in [7, 11) is 3.27. The smallest absolute Gasteiger partial charge is 0.343 e. The summed E-state index contributed by atoms with van der Waals surface area (Å²) in [5.74, 6) is -0.850. The molecule has 1 aromatic carbocycles. The van der Waals surface area contributed by atoms with Gasteiger partial charge in [0.1, 0.15) is 16.9 Å². The molecule has 5 rings (SSSR count). The molecule has 0 spiro atoms. The molecule has 8 nitrogen and oxygen atoms in total. The maximum atomic E-state index is 16.0. The summed E-state index contributed by atoms with van der Waals surface area (Å²) in [6, 6.07) is 0.0590. The largest absolute Gasteiger partial charge is 0.470 e. The van der Waals surface area contributed by atoms with Crippen molar-refractivity contribution in [1.29, 1.82) is 0 Å². The quantitative estimate of drug-likeness (QED) is 0.785. The van der Waals surface area contributed by atoms with Crippen LogP contribution in [-0.4, -0.2) is 62.5 Å². The topological polar surface area (TPSA) is 76.0 Å². The number of likely N-dealkylation sites (N-methyl/N-ethyl adjacent to an activating group) is 1. The van der Waals surface area contributed by atoms with Gasteiger partial charge in [-0.05, 0) is 19.9 Å². The number of aromatic nitrogens is 1. The van der Waals surface area contributed by atoms with Crippen molar-refractivity contribution >= 4 is 28.2 Å². The van der Waals surface area contributed by atoms with E-state index in [9.17, 15) is 9.59 Å². The van der Waals surface area contributed by atoms with E-state index in [1.807, 2.05) is 11.9 Å². The number of halogens is 1. The highest BCUT2D eigenvalue weighted by molar-refractivity contribution is 6.03. The number of benzene rings is 1. The van der Waals surface area contributed by atoms with Gasteiger partial charge in [0, 0.05) is 38.4 Å². The van der Waals surface area contributed by atoms with E-state index in [2.05, 4.69) is 10.2 Å². The van der Waals surface area contributed by atoms with Gasteiger partial charge in [-0.25, -0.2) is 9.18 Å². The SMILES string of the molecule is COC(=O)c1cn(C2CC2)c2c(F)c(N3CCN(C)CC3)c3c(c2c1=O)OCN3. The summed E-state index contributed by atoms with van der Waals surface area (Å²) >= 11 is 0. The van der Waals surface area contributed by atoms with Crippen molar-refractivity contribution in [2.75, 3.05) is 57.3 Å². The number of methoxy groups -OCH3 is 1. The minimum Gasteiger partial charge on any atom is -0.470 e. The molecular weight excluding hydrogens is 379 g/mol. The molecule has 1 N–H and O–H groups in total. The number of ether oxygens (including phenoxy) is 2. The number of carbonyl (C=O) groups excluding carboxylic acids is 1. The highest BCUT2D eigenvalue weighted by atomic mass is 19.1. The predicted molar refractivity (Wildman–Crippen MR) is 107 cm³/mol. The fraction of sp³-hybridized carbons (Fsp3) is 0.500. The molecule has 0 bridgehead atoms. The van der Waals surface area contributed by atoms with Crippen molar-refractivity contribution in [2.24, 2.45) is 0 Å². The van der Waals surface area contributed by atoms with Gasteiger partial charge in [0.2, 0.25) is 5.43 Å². The molecule has 1 saturated heterocycles. The van der Waals surface area contributed by atoms with Crippen molar-refractivity contribution in [3.05, 3.63) is 27.8 Å². The van der Waals surface area contributed by atoms with Crippen LogP contribution < -0.4 is 20.4 Å². The van der Waals surface area contributed by atoms with Crippen molar-refractivity contribution < 1.29 is 18.7 Å². The normalized spacial score (nSPS) is 19.1. The molecule has 1 aromatic heterocycles. The zero-order chi connectivity index (χ0) is 20.3. The van der Waals surface area contributed by atoms with E-state index in [4.69, 9.17) is 9.47 Å². The number of nitrogens with one attached hydrogen (secondary N) is 1. The van der Waals surface area contributed by atoms with Gasteiger partial charge in [-0.3, -0.25) is 4.79 Å². The molecule has 0 radical (unpaired) electrons. The Morgan fingerprint density at radius 3 is 2.66 bits per heavy atom. The lowest BCUT2D eigenvalue weighted by Crippen LogP contribution is -2.45. The molecule has 9 heteroatoms. The van der Waals surface area contributed by atoms with Crippen molar-refractivity contribution in [3.63, 3.8) is 0 Å². The van der Waals surface area contributed by atoms with E-state index in [0.29, 0.717) is 30.2 Å². The van der Waals surface area contributed by atoms with Crippen LogP contribution in [0.1, 0.15) is 29.2 Å². The number of hydrogen-bond donors (Lipinski definition) is 1. The van der Waals surface area contributed by atoms with Crippen molar-refractivity contribution in [2.45, 2.75) is 18.9 Å². The summed E-state index contributed by atoms with van der Waals surface area (Å²) in [5.41, 5.74) is 0.476. The lowest BCUT2D eigenvalue weighted by molar-refractivity contribution is 0.0598. The van der Waals surface area contributed by atoms with E-state index in [1.54, 1.807) is 4.57 Å². The van der Waals surface area contributed by atoms with Gasteiger partial charge in [-0.1, -0.05) is 0 Å². The van der Waals surface area contributed by atoms with Gasteiger partial charge in [-0.2, -0.15) is 0 Å². The van der Waals surface area contributed by atoms with Crippen LogP contribution >= 0.6 is 0 Å². The molecule has 1 aliphatic carbocycles. The van der Waals surface area contributed by atoms with Crippen molar-refractivity contribution in [3.8, 4) is 5.75 Å². The van der Waals surface area contributed by atoms with Crippen LogP contribution in [-0.2, 0) is 4.74 Å². The lowest BCUT2D eigenvalue weighted by Gasteiger charge is -2.35. The van der Waals surface area contributed by atoms with Crippen LogP contribution in [0.25, 0.3) is 10.9 Å². The summed E-state index contributed by atoms with van der Waals surface area (Å²) in [5, 5.41) is 3.19. The Labute approximate surface area is 166 Å². The third-order valence-corrected chi connectivity index (χ3v) is 5.97. The number of carbonyl (C=O) groups is 1. The number of hydrogen-bond acceptors (Lipinski definition) is 7. The van der Waals surface area contributed by atoms with Gasteiger partial charge >= 0.3 is 5.97 Å². The Hall–Kier alpha value is -2.81. The lowest BCUT2D eigenvalue weighted by atomic mass is 10.1. The Balaban J connectivity index is 1.82. The van der Waals surface area contributed by atoms with E-state index in [0.717, 1.165) is 25.9 Å². The number of rotatable bonds is 3. The third kappa shape index (κ3) is 2.75. The second-order valence-electron chi connectivity index (χ2n) is 7.85. The molecule has 3 aliphatic rings. The third-order valence-electron chi connectivity index (χ3n) is 5.97. The number of anilines is 2. The number of esters is 1. The van der Waals surface area contributed by atoms with Crippen LogP contribution in [0.15, 0.2) is 11.0 Å². The molecule has 29 heavy (non-hydrogen) atoms. The van der Waals surface area contributed by atoms with Gasteiger partial charge in [0.25, 0.3) is 0 Å². The minimum atomic E-state index is -0.727. The first-order valence-electron chi connectivity index (χ1n) is 9.84. The highest BCUT2D eigenvalue weighted by Gasteiger charge is 2.35. The van der Waals surface area contributed by atoms with Crippen LogP contribution in [0.2, 0.25) is 0 Å². The Morgan fingerprint density at radius 1 is 1.28 bits per heavy atom. The molecule has 2 aromatic rings. The highest BCUT2D eigenvalue weighted by Crippen LogP contribution is 2.48. The number of fused-ring (bicyclic) bond motifs is 3. The Kier molecular flexibility index (Phi) is 4.16. The molecule has 3 heterocycles. The minimum absolute atomic E-state index is 0.0590. The number of piperazine rings is 1. The fourth-order valence-electron chi connectivity index (χ4n) is 4.23. The Morgan fingerprint density at radius 2 is 2.00 bits per heavy atom. The van der Waals surface area contributed by atoms with E-state index in [1.165, 1.54) is 13.3 Å². The van der Waals surface area contributed by atoms with Crippen molar-refractivity contribution in [1.82, 2.24) is 9.47 Å². The molecule has 154 valence electrons. The monoisotopic (exact) mass is 402 g/mol. The maximum Gasteiger partial charge on any atom is 0.343 e. The zero-order valence-corrected chi connectivity index (χ0v) is 16.5. The van der Waals surface area contributed by atoms with E-state index < -0.39 is 17.2 Å². The standard InChI is InChI=1S/C20H23FN4O4/c1-23-5-7-24(8-6-23)17-14(21)16-13(19-15(17)22-10-29-19)18(26)12(20(27)28-2)9-25(16)11-3-4-11/h9,11,22H,3-8,10H2,1-2H3. The summed E-state index contributed by atoms with van der Waals surface area (Å²) in [6.45, 7) is 3.16. The summed E-state index contributed by atoms with van der Waals surface area (Å²) < 4.78 is 28.3. The predicted octanol–water partition coefficient (Wildman–Crippen LogP) is 1.78. The second kappa shape index (κ2) is 6.62. The first-order chi connectivity index (χ1) is 14.0. The van der Waals surface area contributed by atoms with Crippen LogP contribution in [0.4, 0.5) is 15.8 Å². The van der Waals surface area contributed by atoms with E-state index >= 15 is 4.39 Å². The average molecular weight is 402 g/mol. The van der Waals surface area contributed by atoms with Gasteiger partial charge < -0.3 is 29.2 Å². The molecule has 2 aliphatic heterocycles. The van der Waals surface area contributed by atoms with Gasteiger partial charge in [0.15, 0.2) is 18.3 Å². The molecule has 1 saturated carbocycles.